The summed E-state index contributed by atoms with van der Waals surface area (Å²) in [5, 5.41) is 3.32. The van der Waals surface area contributed by atoms with Crippen molar-refractivity contribution in [2.75, 3.05) is 19.6 Å². The molecule has 0 aliphatic carbocycles. The van der Waals surface area contributed by atoms with Crippen molar-refractivity contribution in [2.45, 2.75) is 44.8 Å². The third-order valence-electron chi connectivity index (χ3n) is 5.29. The van der Waals surface area contributed by atoms with Crippen LogP contribution in [0, 0.1) is 6.92 Å². The molecular formula is C18H24N4S. The van der Waals surface area contributed by atoms with E-state index in [1.54, 1.807) is 11.3 Å². The minimum absolute atomic E-state index is 0.376. The molecule has 4 rings (SSSR count). The number of nitrogens with zero attached hydrogens (tertiary/aromatic N) is 4. The Balaban J connectivity index is 1.43. The number of pyridine rings is 1. The van der Waals surface area contributed by atoms with Crippen molar-refractivity contribution in [1.82, 2.24) is 19.8 Å². The van der Waals surface area contributed by atoms with Gasteiger partial charge in [0.2, 0.25) is 0 Å². The second-order valence-corrected chi connectivity index (χ2v) is 7.89. The van der Waals surface area contributed by atoms with Gasteiger partial charge in [-0.25, -0.2) is 4.98 Å². The lowest BCUT2D eigenvalue weighted by molar-refractivity contribution is -0.0741. The molecule has 0 N–H and O–H groups in total. The van der Waals surface area contributed by atoms with Gasteiger partial charge in [0.1, 0.15) is 5.01 Å². The Morgan fingerprint density at radius 1 is 1.22 bits per heavy atom. The molecule has 1 spiro atoms. The molecule has 2 aromatic heterocycles. The number of piperidine rings is 1. The first kappa shape index (κ1) is 15.2. The van der Waals surface area contributed by atoms with E-state index in [0.717, 1.165) is 18.8 Å². The minimum Gasteiger partial charge on any atom is -0.295 e. The van der Waals surface area contributed by atoms with Gasteiger partial charge in [-0.3, -0.25) is 14.8 Å². The van der Waals surface area contributed by atoms with Gasteiger partial charge in [0.25, 0.3) is 0 Å². The van der Waals surface area contributed by atoms with Crippen molar-refractivity contribution < 1.29 is 0 Å². The summed E-state index contributed by atoms with van der Waals surface area (Å²) in [5.74, 6) is 0. The van der Waals surface area contributed by atoms with Gasteiger partial charge < -0.3 is 0 Å². The fourth-order valence-electron chi connectivity index (χ4n) is 4.04. The molecular weight excluding hydrogens is 304 g/mol. The van der Waals surface area contributed by atoms with Crippen LogP contribution in [0.5, 0.6) is 0 Å². The van der Waals surface area contributed by atoms with Gasteiger partial charge in [-0.05, 0) is 44.9 Å². The first-order valence-electron chi connectivity index (χ1n) is 8.52. The highest BCUT2D eigenvalue weighted by Gasteiger charge is 2.46. The number of aromatic nitrogens is 2. The topological polar surface area (TPSA) is 32.3 Å². The van der Waals surface area contributed by atoms with E-state index < -0.39 is 0 Å². The number of thiazole rings is 1. The molecule has 2 aliphatic heterocycles. The molecule has 122 valence electrons. The van der Waals surface area contributed by atoms with Crippen molar-refractivity contribution in [3.63, 3.8) is 0 Å². The number of hydrogen-bond donors (Lipinski definition) is 0. The normalized spacial score (nSPS) is 25.6. The summed E-state index contributed by atoms with van der Waals surface area (Å²) in [7, 11) is 0. The SMILES string of the molecule is Cc1cccc(CN2CC[C@@]23CCCN(Cc2nccs2)C3)n1. The fraction of sp³-hybridized carbons (Fsp3) is 0.556. The zero-order valence-electron chi connectivity index (χ0n) is 13.7. The van der Waals surface area contributed by atoms with Crippen LogP contribution in [0.3, 0.4) is 0 Å². The molecule has 4 nitrogen and oxygen atoms in total. The van der Waals surface area contributed by atoms with Crippen LogP contribution in [0.25, 0.3) is 0 Å². The molecule has 5 heteroatoms. The Hall–Kier alpha value is -1.30. The van der Waals surface area contributed by atoms with Gasteiger partial charge in [-0.1, -0.05) is 6.07 Å². The molecule has 2 saturated heterocycles. The summed E-state index contributed by atoms with van der Waals surface area (Å²) >= 11 is 1.77. The smallest absolute Gasteiger partial charge is 0.107 e. The number of likely N-dealkylation sites (tertiary alicyclic amines) is 2. The summed E-state index contributed by atoms with van der Waals surface area (Å²) < 4.78 is 0. The Morgan fingerprint density at radius 2 is 2.17 bits per heavy atom. The summed E-state index contributed by atoms with van der Waals surface area (Å²) in [5.41, 5.74) is 2.70. The van der Waals surface area contributed by atoms with Crippen molar-refractivity contribution >= 4 is 11.3 Å². The van der Waals surface area contributed by atoms with Crippen LogP contribution < -0.4 is 0 Å². The number of aryl methyl sites for hydroxylation is 1. The van der Waals surface area contributed by atoms with Crippen molar-refractivity contribution in [3.05, 3.63) is 46.2 Å². The summed E-state index contributed by atoms with van der Waals surface area (Å²) in [6.45, 7) is 7.67. The Labute approximate surface area is 142 Å². The van der Waals surface area contributed by atoms with E-state index in [0.29, 0.717) is 5.54 Å². The molecule has 0 unspecified atom stereocenters. The molecule has 4 heterocycles. The van der Waals surface area contributed by atoms with E-state index in [1.807, 2.05) is 6.20 Å². The molecule has 0 saturated carbocycles. The molecule has 2 aliphatic rings. The first-order valence-corrected chi connectivity index (χ1v) is 9.40. The van der Waals surface area contributed by atoms with Crippen molar-refractivity contribution in [2.24, 2.45) is 0 Å². The standard InChI is InChI=1S/C18H24N4S/c1-15-4-2-5-16(20-15)12-22-10-7-18(22)6-3-9-21(14-18)13-17-19-8-11-23-17/h2,4-5,8,11H,3,6-7,9-10,12-14H2,1H3/t18-/m1/s1. The highest BCUT2D eigenvalue weighted by molar-refractivity contribution is 7.09. The maximum Gasteiger partial charge on any atom is 0.107 e. The molecule has 0 aromatic carbocycles. The van der Waals surface area contributed by atoms with E-state index in [4.69, 9.17) is 0 Å². The third-order valence-corrected chi connectivity index (χ3v) is 6.06. The van der Waals surface area contributed by atoms with Crippen molar-refractivity contribution in [3.8, 4) is 0 Å². The second-order valence-electron chi connectivity index (χ2n) is 6.91. The van der Waals surface area contributed by atoms with Gasteiger partial charge in [0.15, 0.2) is 0 Å². The third kappa shape index (κ3) is 3.18. The van der Waals surface area contributed by atoms with E-state index >= 15 is 0 Å². The molecule has 0 bridgehead atoms. The van der Waals surface area contributed by atoms with Crippen LogP contribution in [-0.4, -0.2) is 44.9 Å². The van der Waals surface area contributed by atoms with Gasteiger partial charge in [-0.2, -0.15) is 0 Å². The molecule has 23 heavy (non-hydrogen) atoms. The lowest BCUT2D eigenvalue weighted by Gasteiger charge is -2.57. The Kier molecular flexibility index (Phi) is 4.18. The molecule has 1 atom stereocenters. The van der Waals surface area contributed by atoms with E-state index in [2.05, 4.69) is 50.3 Å². The highest BCUT2D eigenvalue weighted by atomic mass is 32.1. The van der Waals surface area contributed by atoms with Crippen LogP contribution in [0.15, 0.2) is 29.8 Å². The van der Waals surface area contributed by atoms with Crippen LogP contribution in [-0.2, 0) is 13.1 Å². The maximum atomic E-state index is 4.69. The molecule has 2 aromatic rings. The maximum absolute atomic E-state index is 4.69. The average molecular weight is 328 g/mol. The average Bonchev–Trinajstić information content (AvgIpc) is 3.05. The van der Waals surface area contributed by atoms with Crippen LogP contribution in [0.4, 0.5) is 0 Å². The minimum atomic E-state index is 0.376. The highest BCUT2D eigenvalue weighted by Crippen LogP contribution is 2.39. The van der Waals surface area contributed by atoms with E-state index in [-0.39, 0.29) is 0 Å². The van der Waals surface area contributed by atoms with Crippen LogP contribution >= 0.6 is 11.3 Å². The summed E-state index contributed by atoms with van der Waals surface area (Å²) in [4.78, 5) is 14.4. The predicted octanol–water partition coefficient (Wildman–Crippen LogP) is 3.09. The summed E-state index contributed by atoms with van der Waals surface area (Å²) in [6.07, 6.45) is 5.86. The zero-order chi connectivity index (χ0) is 15.7. The van der Waals surface area contributed by atoms with E-state index in [1.165, 1.54) is 49.6 Å². The van der Waals surface area contributed by atoms with E-state index in [9.17, 15) is 0 Å². The molecule has 0 radical (unpaired) electrons. The zero-order valence-corrected chi connectivity index (χ0v) is 14.6. The monoisotopic (exact) mass is 328 g/mol. The van der Waals surface area contributed by atoms with Gasteiger partial charge in [0.05, 0.1) is 12.2 Å². The van der Waals surface area contributed by atoms with Crippen LogP contribution in [0.1, 0.15) is 35.7 Å². The molecule has 0 amide bonds. The Morgan fingerprint density at radius 3 is 2.91 bits per heavy atom. The lowest BCUT2D eigenvalue weighted by Crippen LogP contribution is -2.66. The number of hydrogen-bond acceptors (Lipinski definition) is 5. The molecule has 2 fully saturated rings. The first-order chi connectivity index (χ1) is 11.2. The predicted molar refractivity (Wildman–Crippen MR) is 93.4 cm³/mol. The largest absolute Gasteiger partial charge is 0.295 e. The number of rotatable bonds is 4. The Bertz CT molecular complexity index is 657. The van der Waals surface area contributed by atoms with Gasteiger partial charge in [-0.15, -0.1) is 11.3 Å². The fourth-order valence-corrected chi connectivity index (χ4v) is 4.70. The lowest BCUT2D eigenvalue weighted by atomic mass is 9.77. The van der Waals surface area contributed by atoms with Crippen molar-refractivity contribution in [1.29, 1.82) is 0 Å². The second kappa shape index (κ2) is 6.30. The summed E-state index contributed by atoms with van der Waals surface area (Å²) in [6, 6.07) is 6.36. The van der Waals surface area contributed by atoms with Crippen LogP contribution in [0.2, 0.25) is 0 Å². The van der Waals surface area contributed by atoms with Gasteiger partial charge >= 0.3 is 0 Å². The quantitative estimate of drug-likeness (QED) is 0.863. The van der Waals surface area contributed by atoms with Gasteiger partial charge in [0, 0.05) is 42.4 Å².